The molecule has 7 heteroatoms. The van der Waals surface area contributed by atoms with Crippen molar-refractivity contribution >= 4 is 17.4 Å². The van der Waals surface area contributed by atoms with Gasteiger partial charge in [-0.25, -0.2) is 8.78 Å². The number of anilines is 1. The van der Waals surface area contributed by atoms with Gasteiger partial charge in [0, 0.05) is 49.8 Å². The lowest BCUT2D eigenvalue weighted by atomic mass is 10.0. The minimum absolute atomic E-state index is 0.0690. The van der Waals surface area contributed by atoms with Gasteiger partial charge < -0.3 is 15.1 Å². The highest BCUT2D eigenvalue weighted by Gasteiger charge is 2.17. The van der Waals surface area contributed by atoms with Crippen molar-refractivity contribution in [3.8, 4) is 0 Å². The molecule has 0 atom stereocenters. The van der Waals surface area contributed by atoms with Crippen LogP contribution in [0, 0.1) is 11.6 Å². The Hall–Kier alpha value is -2.64. The fraction of sp³-hybridized carbons (Fsp3) is 0.364. The number of benzene rings is 2. The van der Waals surface area contributed by atoms with Crippen LogP contribution in [0.1, 0.15) is 33.6 Å². The van der Waals surface area contributed by atoms with Crippen LogP contribution in [-0.4, -0.2) is 61.3 Å². The quantitative estimate of drug-likeness (QED) is 0.723. The fourth-order valence-electron chi connectivity index (χ4n) is 3.38. The van der Waals surface area contributed by atoms with Gasteiger partial charge in [0.1, 0.15) is 11.6 Å². The second-order valence-electron chi connectivity index (χ2n) is 7.33. The number of Topliss-reactive ketones (excluding diaryl/α,β-unsaturated/α-hetero) is 1. The first-order valence-electron chi connectivity index (χ1n) is 9.73. The maximum absolute atomic E-state index is 13.4. The van der Waals surface area contributed by atoms with Gasteiger partial charge in [-0.1, -0.05) is 12.1 Å². The maximum Gasteiger partial charge on any atom is 0.255 e. The number of nitrogens with one attached hydrogen (secondary N) is 1. The predicted octanol–water partition coefficient (Wildman–Crippen LogP) is 3.43. The molecular formula is C22H25F2N3O2. The number of hydrogen-bond donors (Lipinski definition) is 1. The molecule has 0 spiro atoms. The number of rotatable bonds is 7. The smallest absolute Gasteiger partial charge is 0.255 e. The number of carbonyl (C=O) groups excluding carboxylic acids is 2. The Morgan fingerprint density at radius 2 is 1.66 bits per heavy atom. The highest BCUT2D eigenvalue weighted by atomic mass is 19.1. The van der Waals surface area contributed by atoms with Gasteiger partial charge in [-0.15, -0.1) is 0 Å². The molecule has 1 aliphatic rings. The van der Waals surface area contributed by atoms with Gasteiger partial charge in [0.25, 0.3) is 5.91 Å². The van der Waals surface area contributed by atoms with E-state index < -0.39 is 17.5 Å². The van der Waals surface area contributed by atoms with Crippen LogP contribution in [0.2, 0.25) is 0 Å². The molecule has 0 aromatic heterocycles. The van der Waals surface area contributed by atoms with E-state index in [-0.39, 0.29) is 11.3 Å². The third kappa shape index (κ3) is 5.92. The summed E-state index contributed by atoms with van der Waals surface area (Å²) in [5.74, 6) is -2.40. The van der Waals surface area contributed by atoms with Gasteiger partial charge in [0.05, 0.1) is 5.69 Å². The average Bonchev–Trinajstić information content (AvgIpc) is 2.69. The molecule has 1 amide bonds. The number of para-hydroxylation sites is 1. The molecule has 0 radical (unpaired) electrons. The monoisotopic (exact) mass is 401 g/mol. The Balaban J connectivity index is 1.60. The molecule has 1 heterocycles. The van der Waals surface area contributed by atoms with Crippen molar-refractivity contribution in [2.24, 2.45) is 0 Å². The molecule has 154 valence electrons. The van der Waals surface area contributed by atoms with E-state index >= 15 is 0 Å². The van der Waals surface area contributed by atoms with E-state index in [0.717, 1.165) is 51.3 Å². The summed E-state index contributed by atoms with van der Waals surface area (Å²) in [6, 6.07) is 9.31. The summed E-state index contributed by atoms with van der Waals surface area (Å²) >= 11 is 0. The summed E-state index contributed by atoms with van der Waals surface area (Å²) in [6.45, 7) is 4.92. The summed E-state index contributed by atoms with van der Waals surface area (Å²) in [5, 5.41) is 2.60. The lowest BCUT2D eigenvalue weighted by molar-refractivity contribution is 0.0968. The second-order valence-corrected chi connectivity index (χ2v) is 7.33. The number of likely N-dealkylation sites (N-methyl/N-ethyl adjacent to an activating group) is 1. The molecule has 2 aromatic carbocycles. The van der Waals surface area contributed by atoms with Crippen LogP contribution in [-0.2, 0) is 0 Å². The third-order valence-electron chi connectivity index (χ3n) is 5.07. The molecule has 2 aromatic rings. The van der Waals surface area contributed by atoms with Crippen molar-refractivity contribution in [1.82, 2.24) is 9.80 Å². The first kappa shape index (κ1) is 21.1. The third-order valence-corrected chi connectivity index (χ3v) is 5.07. The Morgan fingerprint density at radius 1 is 1.00 bits per heavy atom. The molecule has 3 rings (SSSR count). The molecule has 5 nitrogen and oxygen atoms in total. The van der Waals surface area contributed by atoms with E-state index in [4.69, 9.17) is 0 Å². The highest BCUT2D eigenvalue weighted by Crippen LogP contribution is 2.19. The van der Waals surface area contributed by atoms with E-state index in [1.807, 2.05) is 0 Å². The van der Waals surface area contributed by atoms with Crippen LogP contribution in [0.3, 0.4) is 0 Å². The Bertz CT molecular complexity index is 860. The number of ketones is 1. The fourth-order valence-corrected chi connectivity index (χ4v) is 3.38. The van der Waals surface area contributed by atoms with Crippen molar-refractivity contribution in [1.29, 1.82) is 0 Å². The molecule has 1 aliphatic heterocycles. The van der Waals surface area contributed by atoms with Crippen LogP contribution >= 0.6 is 0 Å². The molecule has 0 bridgehead atoms. The largest absolute Gasteiger partial charge is 0.321 e. The lowest BCUT2D eigenvalue weighted by Gasteiger charge is -2.32. The topological polar surface area (TPSA) is 52.6 Å². The number of halogens is 2. The van der Waals surface area contributed by atoms with Crippen LogP contribution in [0.5, 0.6) is 0 Å². The number of carbonyl (C=O) groups is 2. The van der Waals surface area contributed by atoms with Gasteiger partial charge >= 0.3 is 0 Å². The van der Waals surface area contributed by atoms with Crippen molar-refractivity contribution in [3.05, 3.63) is 65.2 Å². The standard InChI is InChI=1S/C22H25F2N3O2/c1-26-9-11-27(12-10-26)8-4-7-21(28)19-5-2-3-6-20(19)25-22(29)16-13-17(23)15-18(24)14-16/h2-3,5-6,13-15H,4,7-12H2,1H3,(H,25,29). The van der Waals surface area contributed by atoms with E-state index in [9.17, 15) is 18.4 Å². The molecule has 0 saturated carbocycles. The normalized spacial score (nSPS) is 15.3. The van der Waals surface area contributed by atoms with E-state index in [1.54, 1.807) is 24.3 Å². The summed E-state index contributed by atoms with van der Waals surface area (Å²) in [7, 11) is 2.10. The number of piperazine rings is 1. The maximum atomic E-state index is 13.4. The van der Waals surface area contributed by atoms with E-state index in [0.29, 0.717) is 23.7 Å². The number of nitrogens with zero attached hydrogens (tertiary/aromatic N) is 2. The highest BCUT2D eigenvalue weighted by molar-refractivity contribution is 6.09. The van der Waals surface area contributed by atoms with Crippen LogP contribution in [0.15, 0.2) is 42.5 Å². The zero-order valence-corrected chi connectivity index (χ0v) is 16.5. The zero-order valence-electron chi connectivity index (χ0n) is 16.5. The predicted molar refractivity (Wildman–Crippen MR) is 108 cm³/mol. The first-order chi connectivity index (χ1) is 13.9. The second kappa shape index (κ2) is 9.71. The average molecular weight is 401 g/mol. The molecule has 1 saturated heterocycles. The van der Waals surface area contributed by atoms with Crippen molar-refractivity contribution in [2.75, 3.05) is 45.1 Å². The molecule has 1 N–H and O–H groups in total. The number of hydrogen-bond acceptors (Lipinski definition) is 4. The van der Waals surface area contributed by atoms with Gasteiger partial charge in [-0.2, -0.15) is 0 Å². The van der Waals surface area contributed by atoms with Crippen LogP contribution in [0.25, 0.3) is 0 Å². The summed E-state index contributed by atoms with van der Waals surface area (Å²) < 4.78 is 26.7. The zero-order chi connectivity index (χ0) is 20.8. The van der Waals surface area contributed by atoms with Crippen LogP contribution < -0.4 is 5.32 Å². The minimum atomic E-state index is -0.830. The molecule has 1 fully saturated rings. The van der Waals surface area contributed by atoms with E-state index in [2.05, 4.69) is 22.2 Å². The Kier molecular flexibility index (Phi) is 7.06. The van der Waals surface area contributed by atoms with Gasteiger partial charge in [0.15, 0.2) is 5.78 Å². The summed E-state index contributed by atoms with van der Waals surface area (Å²) in [5.41, 5.74) is 0.600. The van der Waals surface area contributed by atoms with E-state index in [1.165, 1.54) is 0 Å². The summed E-state index contributed by atoms with van der Waals surface area (Å²) in [6.07, 6.45) is 1.10. The molecular weight excluding hydrogens is 376 g/mol. The summed E-state index contributed by atoms with van der Waals surface area (Å²) in [4.78, 5) is 29.7. The lowest BCUT2D eigenvalue weighted by Crippen LogP contribution is -2.44. The van der Waals surface area contributed by atoms with Crippen molar-refractivity contribution < 1.29 is 18.4 Å². The van der Waals surface area contributed by atoms with Gasteiger partial charge in [-0.3, -0.25) is 9.59 Å². The molecule has 0 aliphatic carbocycles. The Labute approximate surface area is 169 Å². The molecule has 29 heavy (non-hydrogen) atoms. The molecule has 0 unspecified atom stereocenters. The van der Waals surface area contributed by atoms with Gasteiger partial charge in [0.2, 0.25) is 0 Å². The Morgan fingerprint density at radius 3 is 2.34 bits per heavy atom. The minimum Gasteiger partial charge on any atom is -0.321 e. The SMILES string of the molecule is CN1CCN(CCCC(=O)c2ccccc2NC(=O)c2cc(F)cc(F)c2)CC1. The van der Waals surface area contributed by atoms with Crippen molar-refractivity contribution in [2.45, 2.75) is 12.8 Å². The first-order valence-corrected chi connectivity index (χ1v) is 9.73. The van der Waals surface area contributed by atoms with Gasteiger partial charge in [-0.05, 0) is 44.3 Å². The van der Waals surface area contributed by atoms with Crippen LogP contribution in [0.4, 0.5) is 14.5 Å². The van der Waals surface area contributed by atoms with Crippen molar-refractivity contribution in [3.63, 3.8) is 0 Å². The number of amides is 1.